The summed E-state index contributed by atoms with van der Waals surface area (Å²) in [5.41, 5.74) is 3.98. The van der Waals surface area contributed by atoms with Crippen LogP contribution in [0.5, 0.6) is 11.5 Å². The highest BCUT2D eigenvalue weighted by Crippen LogP contribution is 2.46. The quantitative estimate of drug-likeness (QED) is 0.264. The van der Waals surface area contributed by atoms with Crippen LogP contribution in [0.1, 0.15) is 53.8 Å². The van der Waals surface area contributed by atoms with E-state index in [-0.39, 0.29) is 18.9 Å². The van der Waals surface area contributed by atoms with Gasteiger partial charge in [0.05, 0.1) is 45.5 Å². The second-order valence-corrected chi connectivity index (χ2v) is 10.4. The van der Waals surface area contributed by atoms with E-state index in [9.17, 15) is 9.59 Å². The summed E-state index contributed by atoms with van der Waals surface area (Å²) in [4.78, 5) is 28.8. The molecule has 1 atom stereocenters. The van der Waals surface area contributed by atoms with Crippen LogP contribution >= 0.6 is 11.6 Å². The first-order valence-corrected chi connectivity index (χ1v) is 14.0. The van der Waals surface area contributed by atoms with E-state index in [1.54, 1.807) is 48.7 Å². The Kier molecular flexibility index (Phi) is 7.42. The molecule has 0 saturated carbocycles. The van der Waals surface area contributed by atoms with E-state index in [4.69, 9.17) is 25.8 Å². The van der Waals surface area contributed by atoms with E-state index >= 15 is 0 Å². The molecule has 1 aliphatic carbocycles. The summed E-state index contributed by atoms with van der Waals surface area (Å²) in [5, 5.41) is 14.0. The number of ketones is 1. The fourth-order valence-electron chi connectivity index (χ4n) is 5.61. The summed E-state index contributed by atoms with van der Waals surface area (Å²) in [6, 6.07) is 12.2. The van der Waals surface area contributed by atoms with Crippen molar-refractivity contribution in [2.75, 3.05) is 25.7 Å². The summed E-state index contributed by atoms with van der Waals surface area (Å²) >= 11 is 6.05. The van der Waals surface area contributed by atoms with Gasteiger partial charge >= 0.3 is 5.97 Å². The van der Waals surface area contributed by atoms with Crippen LogP contribution in [0.2, 0.25) is 5.02 Å². The van der Waals surface area contributed by atoms with Crippen molar-refractivity contribution in [2.45, 2.75) is 38.8 Å². The monoisotopic (exact) mass is 588 g/mol. The third-order valence-electron chi connectivity index (χ3n) is 7.47. The molecule has 6 rings (SSSR count). The standard InChI is InChI=1S/C30H29ClN6O5/c1-4-42-30(39)22-15-32-37-28(18-8-13-25(40-2)26(14-18)41-3)27-23(6-5-7-24(27)38)35(29(22)37)16-20-17-36(34-33-20)21-11-9-19(31)10-12-21/h8-15,17,28H,4-7,16H2,1-3H3. The number of aromatic nitrogens is 5. The van der Waals surface area contributed by atoms with Gasteiger partial charge in [-0.1, -0.05) is 22.9 Å². The van der Waals surface area contributed by atoms with E-state index in [1.165, 1.54) is 6.20 Å². The lowest BCUT2D eigenvalue weighted by molar-refractivity contribution is -0.116. The van der Waals surface area contributed by atoms with E-state index in [2.05, 4.69) is 15.4 Å². The molecule has 2 aromatic carbocycles. The molecule has 0 amide bonds. The van der Waals surface area contributed by atoms with Crippen LogP contribution in [0, 0.1) is 0 Å². The molecule has 0 fully saturated rings. The Labute approximate surface area is 247 Å². The number of carbonyl (C=O) groups excluding carboxylic acids is 2. The highest BCUT2D eigenvalue weighted by atomic mass is 35.5. The van der Waals surface area contributed by atoms with Crippen LogP contribution in [-0.4, -0.2) is 57.4 Å². The van der Waals surface area contributed by atoms with Gasteiger partial charge in [0.1, 0.15) is 23.1 Å². The number of rotatable bonds is 8. The van der Waals surface area contributed by atoms with Crippen molar-refractivity contribution in [3.05, 3.63) is 88.0 Å². The van der Waals surface area contributed by atoms with Crippen molar-refractivity contribution in [1.29, 1.82) is 0 Å². The van der Waals surface area contributed by atoms with Crippen molar-refractivity contribution in [3.63, 3.8) is 0 Å². The number of methoxy groups -OCH3 is 2. The number of ether oxygens (including phenoxy) is 3. The van der Waals surface area contributed by atoms with Gasteiger partial charge in [-0.3, -0.25) is 4.79 Å². The SMILES string of the molecule is CCOC(=O)c1cnn2c1N(Cc1cn(-c3ccc(Cl)cc3)nn1)C1=C(C(=O)CCC1)C2c1ccc(OC)c(OC)c1. The van der Waals surface area contributed by atoms with Gasteiger partial charge in [0, 0.05) is 22.7 Å². The van der Waals surface area contributed by atoms with Crippen LogP contribution in [0.4, 0.5) is 5.82 Å². The maximum atomic E-state index is 13.6. The molecule has 0 spiro atoms. The smallest absolute Gasteiger partial charge is 0.343 e. The average molecular weight is 589 g/mol. The van der Waals surface area contributed by atoms with Crippen molar-refractivity contribution >= 4 is 29.2 Å². The second kappa shape index (κ2) is 11.3. The van der Waals surface area contributed by atoms with Gasteiger partial charge < -0.3 is 19.1 Å². The third-order valence-corrected chi connectivity index (χ3v) is 7.72. The zero-order valence-electron chi connectivity index (χ0n) is 23.4. The van der Waals surface area contributed by atoms with Gasteiger partial charge in [-0.15, -0.1) is 5.10 Å². The van der Waals surface area contributed by atoms with E-state index in [0.29, 0.717) is 58.4 Å². The van der Waals surface area contributed by atoms with Crippen LogP contribution in [0.25, 0.3) is 5.69 Å². The molecule has 0 N–H and O–H groups in total. The van der Waals surface area contributed by atoms with Crippen molar-refractivity contribution < 1.29 is 23.8 Å². The fourth-order valence-corrected chi connectivity index (χ4v) is 5.73. The molecule has 0 radical (unpaired) electrons. The molecule has 1 aliphatic heterocycles. The topological polar surface area (TPSA) is 114 Å². The molecular formula is C30H29ClN6O5. The molecule has 216 valence electrons. The number of fused-ring (bicyclic) bond motifs is 1. The maximum absolute atomic E-state index is 13.6. The molecule has 1 unspecified atom stereocenters. The van der Waals surface area contributed by atoms with Crippen LogP contribution in [-0.2, 0) is 16.1 Å². The maximum Gasteiger partial charge on any atom is 0.343 e. The Hall–Kier alpha value is -4.64. The van der Waals surface area contributed by atoms with Crippen LogP contribution in [0.15, 0.2) is 66.1 Å². The molecule has 2 aromatic heterocycles. The molecule has 0 saturated heterocycles. The normalized spacial score (nSPS) is 16.2. The van der Waals surface area contributed by atoms with E-state index in [0.717, 1.165) is 16.9 Å². The lowest BCUT2D eigenvalue weighted by Gasteiger charge is -2.40. The molecule has 0 bridgehead atoms. The van der Waals surface area contributed by atoms with Gasteiger partial charge in [-0.25, -0.2) is 14.2 Å². The molecule has 12 heteroatoms. The fraction of sp³-hybridized carbons (Fsp3) is 0.300. The number of hydrogen-bond acceptors (Lipinski definition) is 9. The van der Waals surface area contributed by atoms with Crippen LogP contribution < -0.4 is 14.4 Å². The zero-order chi connectivity index (χ0) is 29.4. The Morgan fingerprint density at radius 1 is 1.07 bits per heavy atom. The Morgan fingerprint density at radius 2 is 1.86 bits per heavy atom. The number of benzene rings is 2. The lowest BCUT2D eigenvalue weighted by atomic mass is 9.84. The number of carbonyl (C=O) groups is 2. The molecule has 4 aromatic rings. The number of allylic oxidation sites excluding steroid dienone is 2. The lowest BCUT2D eigenvalue weighted by Crippen LogP contribution is -2.39. The Balaban J connectivity index is 1.50. The summed E-state index contributed by atoms with van der Waals surface area (Å²) < 4.78 is 19.8. The van der Waals surface area contributed by atoms with Crippen LogP contribution in [0.3, 0.4) is 0 Å². The third kappa shape index (κ3) is 4.79. The highest BCUT2D eigenvalue weighted by molar-refractivity contribution is 6.30. The largest absolute Gasteiger partial charge is 0.493 e. The van der Waals surface area contributed by atoms with E-state index in [1.807, 2.05) is 35.4 Å². The molecule has 3 heterocycles. The summed E-state index contributed by atoms with van der Waals surface area (Å²) in [6.07, 6.45) is 5.07. The molecule has 2 aliphatic rings. The Morgan fingerprint density at radius 3 is 2.60 bits per heavy atom. The first kappa shape index (κ1) is 27.5. The predicted octanol–water partition coefficient (Wildman–Crippen LogP) is 4.93. The summed E-state index contributed by atoms with van der Waals surface area (Å²) in [5.74, 6) is 1.17. The van der Waals surface area contributed by atoms with Crippen molar-refractivity contribution in [3.8, 4) is 17.2 Å². The number of Topliss-reactive ketones (excluding diaryl/α,β-unsaturated/α-hetero) is 1. The van der Waals surface area contributed by atoms with Gasteiger partial charge in [0.25, 0.3) is 0 Å². The molecule has 42 heavy (non-hydrogen) atoms. The number of anilines is 1. The number of nitrogens with zero attached hydrogens (tertiary/aromatic N) is 6. The average Bonchev–Trinajstić information content (AvgIpc) is 3.65. The zero-order valence-corrected chi connectivity index (χ0v) is 24.2. The van der Waals surface area contributed by atoms with E-state index < -0.39 is 12.0 Å². The van der Waals surface area contributed by atoms with Gasteiger partial charge in [-0.2, -0.15) is 5.10 Å². The number of halogens is 1. The summed E-state index contributed by atoms with van der Waals surface area (Å²) in [6.45, 7) is 2.23. The molecular weight excluding hydrogens is 560 g/mol. The first-order valence-electron chi connectivity index (χ1n) is 13.6. The van der Waals surface area contributed by atoms with Crippen molar-refractivity contribution in [1.82, 2.24) is 24.8 Å². The minimum Gasteiger partial charge on any atom is -0.493 e. The number of hydrogen-bond donors (Lipinski definition) is 0. The summed E-state index contributed by atoms with van der Waals surface area (Å²) in [7, 11) is 3.14. The minimum atomic E-state index is -0.577. The highest BCUT2D eigenvalue weighted by Gasteiger charge is 2.42. The van der Waals surface area contributed by atoms with Gasteiger partial charge in [-0.05, 0) is 61.7 Å². The van der Waals surface area contributed by atoms with Gasteiger partial charge in [0.2, 0.25) is 0 Å². The number of esters is 1. The predicted molar refractivity (Wildman–Crippen MR) is 154 cm³/mol. The second-order valence-electron chi connectivity index (χ2n) is 9.92. The molecule has 11 nitrogen and oxygen atoms in total. The minimum absolute atomic E-state index is 0.0321. The Bertz CT molecular complexity index is 1690. The van der Waals surface area contributed by atoms with Gasteiger partial charge in [0.15, 0.2) is 17.3 Å². The van der Waals surface area contributed by atoms with Crippen molar-refractivity contribution in [2.24, 2.45) is 0 Å². The first-order chi connectivity index (χ1) is 20.4.